The SMILES string of the molecule is CC(C)NC(=O)C1CC1CC(C)NC(=O)C(Cl)(Cl)Cl. The third-order valence-corrected chi connectivity index (χ3v) is 3.50. The molecule has 2 amide bonds. The predicted molar refractivity (Wildman–Crippen MR) is 77.4 cm³/mol. The van der Waals surface area contributed by atoms with E-state index in [9.17, 15) is 9.59 Å². The zero-order chi connectivity index (χ0) is 14.8. The number of hydrogen-bond acceptors (Lipinski definition) is 2. The van der Waals surface area contributed by atoms with E-state index in [0.29, 0.717) is 12.3 Å². The Hall–Kier alpha value is -0.190. The lowest BCUT2D eigenvalue weighted by molar-refractivity contribution is -0.123. The van der Waals surface area contributed by atoms with Crippen LogP contribution in [0.15, 0.2) is 0 Å². The van der Waals surface area contributed by atoms with Crippen LogP contribution in [0.2, 0.25) is 0 Å². The van der Waals surface area contributed by atoms with Crippen LogP contribution in [0.1, 0.15) is 33.6 Å². The zero-order valence-corrected chi connectivity index (χ0v) is 13.4. The molecule has 2 N–H and O–H groups in total. The summed E-state index contributed by atoms with van der Waals surface area (Å²) in [5.41, 5.74) is 0. The topological polar surface area (TPSA) is 58.2 Å². The van der Waals surface area contributed by atoms with E-state index in [-0.39, 0.29) is 23.9 Å². The van der Waals surface area contributed by atoms with Gasteiger partial charge in [-0.25, -0.2) is 0 Å². The van der Waals surface area contributed by atoms with E-state index in [1.165, 1.54) is 0 Å². The third kappa shape index (κ3) is 5.76. The number of nitrogens with one attached hydrogen (secondary N) is 2. The van der Waals surface area contributed by atoms with Gasteiger partial charge in [0.25, 0.3) is 9.70 Å². The zero-order valence-electron chi connectivity index (χ0n) is 11.2. The highest BCUT2D eigenvalue weighted by Gasteiger charge is 2.44. The maximum atomic E-state index is 11.7. The summed E-state index contributed by atoms with van der Waals surface area (Å²) in [5.74, 6) is -0.201. The van der Waals surface area contributed by atoms with Crippen LogP contribution in [-0.4, -0.2) is 27.7 Å². The van der Waals surface area contributed by atoms with Crippen molar-refractivity contribution >= 4 is 46.6 Å². The molecule has 1 aliphatic rings. The molecule has 0 saturated heterocycles. The quantitative estimate of drug-likeness (QED) is 0.761. The standard InChI is InChI=1S/C12H19Cl3N2O2/c1-6(2)16-10(18)9-5-8(9)4-7(3)17-11(19)12(13,14)15/h6-9H,4-5H2,1-3H3,(H,16,18)(H,17,19). The molecule has 7 heteroatoms. The minimum absolute atomic E-state index is 0.0505. The lowest BCUT2D eigenvalue weighted by Gasteiger charge is -2.17. The fraction of sp³-hybridized carbons (Fsp3) is 0.833. The molecular formula is C12H19Cl3N2O2. The minimum atomic E-state index is -1.94. The van der Waals surface area contributed by atoms with Crippen molar-refractivity contribution in [3.8, 4) is 0 Å². The van der Waals surface area contributed by atoms with Crippen LogP contribution in [0, 0.1) is 11.8 Å². The van der Waals surface area contributed by atoms with Crippen LogP contribution in [0.5, 0.6) is 0 Å². The van der Waals surface area contributed by atoms with Crippen LogP contribution < -0.4 is 10.6 Å². The number of carbonyl (C=O) groups excluding carboxylic acids is 2. The molecule has 0 spiro atoms. The lowest BCUT2D eigenvalue weighted by atomic mass is 10.1. The monoisotopic (exact) mass is 328 g/mol. The van der Waals surface area contributed by atoms with Gasteiger partial charge in [0.05, 0.1) is 0 Å². The van der Waals surface area contributed by atoms with Gasteiger partial charge < -0.3 is 10.6 Å². The molecule has 0 bridgehead atoms. The van der Waals surface area contributed by atoms with Gasteiger partial charge in [0.15, 0.2) is 0 Å². The molecule has 0 aliphatic heterocycles. The molecular weight excluding hydrogens is 311 g/mol. The molecule has 110 valence electrons. The Labute approximate surface area is 128 Å². The summed E-state index contributed by atoms with van der Waals surface area (Å²) in [7, 11) is 0. The van der Waals surface area contributed by atoms with Crippen molar-refractivity contribution in [1.82, 2.24) is 10.6 Å². The Morgan fingerprint density at radius 2 is 1.79 bits per heavy atom. The Morgan fingerprint density at radius 1 is 1.21 bits per heavy atom. The van der Waals surface area contributed by atoms with Crippen molar-refractivity contribution in [1.29, 1.82) is 0 Å². The molecule has 1 fully saturated rings. The highest BCUT2D eigenvalue weighted by Crippen LogP contribution is 2.42. The number of hydrogen-bond donors (Lipinski definition) is 2. The molecule has 1 rings (SSSR count). The molecule has 0 heterocycles. The smallest absolute Gasteiger partial charge is 0.272 e. The summed E-state index contributed by atoms with van der Waals surface area (Å²) < 4.78 is -1.94. The molecule has 3 unspecified atom stereocenters. The predicted octanol–water partition coefficient (Wildman–Crippen LogP) is 2.41. The molecule has 0 aromatic rings. The number of halogens is 3. The maximum Gasteiger partial charge on any atom is 0.272 e. The largest absolute Gasteiger partial charge is 0.354 e. The van der Waals surface area contributed by atoms with E-state index in [1.54, 1.807) is 0 Å². The van der Waals surface area contributed by atoms with Gasteiger partial charge in [-0.3, -0.25) is 9.59 Å². The van der Waals surface area contributed by atoms with Crippen molar-refractivity contribution in [3.05, 3.63) is 0 Å². The van der Waals surface area contributed by atoms with Gasteiger partial charge in [0, 0.05) is 18.0 Å². The maximum absolute atomic E-state index is 11.7. The molecule has 0 aromatic heterocycles. The molecule has 0 aromatic carbocycles. The fourth-order valence-electron chi connectivity index (χ4n) is 2.04. The molecule has 19 heavy (non-hydrogen) atoms. The van der Waals surface area contributed by atoms with Crippen molar-refractivity contribution in [2.75, 3.05) is 0 Å². The van der Waals surface area contributed by atoms with Gasteiger partial charge in [-0.15, -0.1) is 0 Å². The van der Waals surface area contributed by atoms with Crippen molar-refractivity contribution in [2.24, 2.45) is 11.8 Å². The lowest BCUT2D eigenvalue weighted by Crippen LogP contribution is -2.40. The average molecular weight is 330 g/mol. The van der Waals surface area contributed by atoms with Crippen LogP contribution >= 0.6 is 34.8 Å². The summed E-state index contributed by atoms with van der Waals surface area (Å²) in [6, 6.07) is 0.0280. The summed E-state index contributed by atoms with van der Waals surface area (Å²) in [6.07, 6.45) is 1.56. The van der Waals surface area contributed by atoms with Gasteiger partial charge in [0.1, 0.15) is 0 Å². The molecule has 3 atom stereocenters. The van der Waals surface area contributed by atoms with Crippen LogP contribution in [0.4, 0.5) is 0 Å². The average Bonchev–Trinajstić information content (AvgIpc) is 2.94. The van der Waals surface area contributed by atoms with Gasteiger partial charge in [0.2, 0.25) is 5.91 Å². The third-order valence-electron chi connectivity index (χ3n) is 2.98. The Balaban J connectivity index is 2.31. The summed E-state index contributed by atoms with van der Waals surface area (Å²) in [4.78, 5) is 23.2. The van der Waals surface area contributed by atoms with Crippen LogP contribution in [-0.2, 0) is 9.59 Å². The number of carbonyl (C=O) groups is 2. The van der Waals surface area contributed by atoms with Crippen LogP contribution in [0.3, 0.4) is 0 Å². The first-order chi connectivity index (χ1) is 8.61. The van der Waals surface area contributed by atoms with Gasteiger partial charge in [-0.1, -0.05) is 34.8 Å². The van der Waals surface area contributed by atoms with E-state index in [2.05, 4.69) is 10.6 Å². The second-order valence-electron chi connectivity index (χ2n) is 5.37. The van der Waals surface area contributed by atoms with Gasteiger partial charge >= 0.3 is 0 Å². The Kier molecular flexibility index (Phi) is 5.78. The molecule has 1 aliphatic carbocycles. The molecule has 0 radical (unpaired) electrons. The minimum Gasteiger partial charge on any atom is -0.354 e. The van der Waals surface area contributed by atoms with Crippen molar-refractivity contribution in [3.63, 3.8) is 0 Å². The second kappa shape index (κ2) is 6.51. The van der Waals surface area contributed by atoms with E-state index < -0.39 is 9.70 Å². The number of rotatable bonds is 5. The van der Waals surface area contributed by atoms with E-state index in [0.717, 1.165) is 6.42 Å². The van der Waals surface area contributed by atoms with E-state index >= 15 is 0 Å². The summed E-state index contributed by atoms with van der Waals surface area (Å²) in [6.45, 7) is 5.70. The molecule has 4 nitrogen and oxygen atoms in total. The second-order valence-corrected chi connectivity index (χ2v) is 7.65. The highest BCUT2D eigenvalue weighted by atomic mass is 35.6. The summed E-state index contributed by atoms with van der Waals surface area (Å²) in [5, 5.41) is 5.51. The van der Waals surface area contributed by atoms with E-state index in [4.69, 9.17) is 34.8 Å². The fourth-order valence-corrected chi connectivity index (χ4v) is 2.20. The first-order valence-corrected chi connectivity index (χ1v) is 7.42. The Bertz CT molecular complexity index is 355. The first kappa shape index (κ1) is 16.9. The van der Waals surface area contributed by atoms with Crippen molar-refractivity contribution in [2.45, 2.75) is 49.5 Å². The van der Waals surface area contributed by atoms with Gasteiger partial charge in [-0.2, -0.15) is 0 Å². The number of alkyl halides is 3. The van der Waals surface area contributed by atoms with Gasteiger partial charge in [-0.05, 0) is 39.5 Å². The normalized spacial score (nSPS) is 23.9. The van der Waals surface area contributed by atoms with E-state index in [1.807, 2.05) is 20.8 Å². The Morgan fingerprint density at radius 3 is 2.26 bits per heavy atom. The first-order valence-electron chi connectivity index (χ1n) is 6.29. The summed E-state index contributed by atoms with van der Waals surface area (Å²) >= 11 is 16.4. The highest BCUT2D eigenvalue weighted by molar-refractivity contribution is 6.76. The van der Waals surface area contributed by atoms with Crippen LogP contribution in [0.25, 0.3) is 0 Å². The molecule has 1 saturated carbocycles. The number of amides is 2. The van der Waals surface area contributed by atoms with Crippen molar-refractivity contribution < 1.29 is 9.59 Å².